The van der Waals surface area contributed by atoms with Crippen LogP contribution in [0.25, 0.3) is 11.0 Å². The van der Waals surface area contributed by atoms with Gasteiger partial charge in [0.25, 0.3) is 5.91 Å². The molecule has 1 amide bonds. The highest BCUT2D eigenvalue weighted by Crippen LogP contribution is 2.41. The molecule has 0 saturated carbocycles. The Kier molecular flexibility index (Phi) is 3.77. The average molecular weight is 383 g/mol. The quantitative estimate of drug-likeness (QED) is 0.551. The van der Waals surface area contributed by atoms with Gasteiger partial charge in [-0.2, -0.15) is 0 Å². The van der Waals surface area contributed by atoms with Crippen molar-refractivity contribution in [3.8, 4) is 5.75 Å². The summed E-state index contributed by atoms with van der Waals surface area (Å²) in [4.78, 5) is 28.4. The van der Waals surface area contributed by atoms with Crippen LogP contribution in [-0.2, 0) is 0 Å². The van der Waals surface area contributed by atoms with Crippen LogP contribution in [0.1, 0.15) is 33.3 Å². The van der Waals surface area contributed by atoms with Crippen molar-refractivity contribution in [1.29, 1.82) is 0 Å². The summed E-state index contributed by atoms with van der Waals surface area (Å²) >= 11 is 0. The Hall–Kier alpha value is -3.86. The number of aromatic hydroxyl groups is 1. The molecule has 1 aromatic heterocycles. The van der Waals surface area contributed by atoms with Gasteiger partial charge in [0, 0.05) is 5.69 Å². The standard InChI is InChI=1S/C24H17NO4/c1-14-5-4-6-16(13-14)25-21(15-9-11-17(26)12-10-15)20-22(27)18-7-2-3-8-19(18)29-23(20)24(25)28/h2-13,21,26H,1H3. The number of carbonyl (C=O) groups is 1. The number of carbonyl (C=O) groups excluding carboxylic acids is 1. The number of hydrogen-bond acceptors (Lipinski definition) is 4. The van der Waals surface area contributed by atoms with Gasteiger partial charge in [-0.15, -0.1) is 0 Å². The Balaban J connectivity index is 1.82. The number of hydrogen-bond donors (Lipinski definition) is 1. The normalized spacial score (nSPS) is 15.7. The Bertz CT molecular complexity index is 1320. The van der Waals surface area contributed by atoms with Gasteiger partial charge in [0.15, 0.2) is 5.43 Å². The summed E-state index contributed by atoms with van der Waals surface area (Å²) in [5.41, 5.74) is 2.89. The van der Waals surface area contributed by atoms with Crippen LogP contribution in [0.3, 0.4) is 0 Å². The maximum absolute atomic E-state index is 13.4. The first kappa shape index (κ1) is 17.3. The molecule has 5 heteroatoms. The van der Waals surface area contributed by atoms with E-state index in [1.54, 1.807) is 53.4 Å². The average Bonchev–Trinajstić information content (AvgIpc) is 3.02. The third-order valence-corrected chi connectivity index (χ3v) is 5.27. The van der Waals surface area contributed by atoms with Crippen LogP contribution in [0, 0.1) is 6.92 Å². The van der Waals surface area contributed by atoms with E-state index in [0.717, 1.165) is 11.1 Å². The number of benzene rings is 3. The van der Waals surface area contributed by atoms with Crippen LogP contribution < -0.4 is 10.3 Å². The van der Waals surface area contributed by atoms with Gasteiger partial charge in [0.2, 0.25) is 5.76 Å². The van der Waals surface area contributed by atoms with Gasteiger partial charge < -0.3 is 9.52 Å². The van der Waals surface area contributed by atoms with E-state index in [-0.39, 0.29) is 22.8 Å². The monoisotopic (exact) mass is 383 g/mol. The van der Waals surface area contributed by atoms with Crippen LogP contribution in [0.5, 0.6) is 5.75 Å². The number of para-hydroxylation sites is 1. The van der Waals surface area contributed by atoms with Gasteiger partial charge in [-0.25, -0.2) is 0 Å². The minimum Gasteiger partial charge on any atom is -0.508 e. The van der Waals surface area contributed by atoms with Crippen molar-refractivity contribution in [3.63, 3.8) is 0 Å². The number of phenols is 1. The number of nitrogens with zero attached hydrogens (tertiary/aromatic N) is 1. The molecule has 0 aliphatic carbocycles. The molecule has 1 N–H and O–H groups in total. The van der Waals surface area contributed by atoms with Crippen LogP contribution >= 0.6 is 0 Å². The highest BCUT2D eigenvalue weighted by molar-refractivity contribution is 6.10. The Morgan fingerprint density at radius 3 is 2.45 bits per heavy atom. The fourth-order valence-corrected chi connectivity index (χ4v) is 3.94. The molecular formula is C24H17NO4. The fourth-order valence-electron chi connectivity index (χ4n) is 3.94. The Morgan fingerprint density at radius 1 is 0.931 bits per heavy atom. The zero-order chi connectivity index (χ0) is 20.1. The van der Waals surface area contributed by atoms with Crippen molar-refractivity contribution in [1.82, 2.24) is 0 Å². The van der Waals surface area contributed by atoms with E-state index in [1.165, 1.54) is 0 Å². The Labute approximate surface area is 166 Å². The maximum Gasteiger partial charge on any atom is 0.295 e. The molecule has 4 aromatic rings. The lowest BCUT2D eigenvalue weighted by atomic mass is 9.98. The lowest BCUT2D eigenvalue weighted by Gasteiger charge is -2.25. The van der Waals surface area contributed by atoms with Gasteiger partial charge in [-0.1, -0.05) is 36.4 Å². The number of amides is 1. The zero-order valence-corrected chi connectivity index (χ0v) is 15.6. The molecule has 0 bridgehead atoms. The summed E-state index contributed by atoms with van der Waals surface area (Å²) in [7, 11) is 0. The molecule has 1 atom stereocenters. The lowest BCUT2D eigenvalue weighted by molar-refractivity contribution is 0.0971. The van der Waals surface area contributed by atoms with Crippen LogP contribution in [0.2, 0.25) is 0 Å². The second kappa shape index (κ2) is 6.34. The number of anilines is 1. The topological polar surface area (TPSA) is 70.8 Å². The summed E-state index contributed by atoms with van der Waals surface area (Å²) in [5.74, 6) is -0.175. The van der Waals surface area contributed by atoms with Gasteiger partial charge in [0.05, 0.1) is 17.0 Å². The predicted molar refractivity (Wildman–Crippen MR) is 110 cm³/mol. The number of fused-ring (bicyclic) bond motifs is 2. The van der Waals surface area contributed by atoms with E-state index in [0.29, 0.717) is 22.2 Å². The van der Waals surface area contributed by atoms with Gasteiger partial charge in [-0.3, -0.25) is 14.5 Å². The third-order valence-electron chi connectivity index (χ3n) is 5.27. The highest BCUT2D eigenvalue weighted by Gasteiger charge is 2.43. The zero-order valence-electron chi connectivity index (χ0n) is 15.6. The lowest BCUT2D eigenvalue weighted by Crippen LogP contribution is -2.29. The summed E-state index contributed by atoms with van der Waals surface area (Å²) in [6.07, 6.45) is 0. The second-order valence-corrected chi connectivity index (χ2v) is 7.18. The predicted octanol–water partition coefficient (Wildman–Crippen LogP) is 4.56. The van der Waals surface area contributed by atoms with E-state index >= 15 is 0 Å². The molecule has 29 heavy (non-hydrogen) atoms. The molecule has 0 spiro atoms. The molecule has 5 rings (SSSR count). The van der Waals surface area contributed by atoms with Crippen molar-refractivity contribution < 1.29 is 14.3 Å². The third kappa shape index (κ3) is 2.63. The van der Waals surface area contributed by atoms with Crippen LogP contribution in [-0.4, -0.2) is 11.0 Å². The summed E-state index contributed by atoms with van der Waals surface area (Å²) in [5, 5.41) is 10.1. The van der Waals surface area contributed by atoms with Crippen molar-refractivity contribution in [3.05, 3.63) is 105 Å². The van der Waals surface area contributed by atoms with Crippen molar-refractivity contribution in [2.24, 2.45) is 0 Å². The molecule has 5 nitrogen and oxygen atoms in total. The molecule has 0 saturated heterocycles. The molecular weight excluding hydrogens is 366 g/mol. The minimum absolute atomic E-state index is 0.0632. The van der Waals surface area contributed by atoms with Crippen molar-refractivity contribution in [2.75, 3.05) is 4.90 Å². The molecule has 1 aliphatic heterocycles. The SMILES string of the molecule is Cc1cccc(N2C(=O)c3oc4ccccc4c(=O)c3C2c2ccc(O)cc2)c1. The molecule has 0 fully saturated rings. The maximum atomic E-state index is 13.4. The summed E-state index contributed by atoms with van der Waals surface area (Å²) in [6, 6.07) is 20.4. The van der Waals surface area contributed by atoms with E-state index in [9.17, 15) is 14.7 Å². The first-order chi connectivity index (χ1) is 14.0. The Morgan fingerprint density at radius 2 is 1.69 bits per heavy atom. The summed E-state index contributed by atoms with van der Waals surface area (Å²) in [6.45, 7) is 1.95. The smallest absolute Gasteiger partial charge is 0.295 e. The van der Waals surface area contributed by atoms with Gasteiger partial charge >= 0.3 is 0 Å². The van der Waals surface area contributed by atoms with E-state index in [4.69, 9.17) is 4.42 Å². The van der Waals surface area contributed by atoms with Crippen LogP contribution in [0.4, 0.5) is 5.69 Å². The second-order valence-electron chi connectivity index (χ2n) is 7.18. The minimum atomic E-state index is -0.638. The van der Waals surface area contributed by atoms with Crippen LogP contribution in [0.15, 0.2) is 82.0 Å². The largest absolute Gasteiger partial charge is 0.508 e. The molecule has 1 unspecified atom stereocenters. The van der Waals surface area contributed by atoms with E-state index in [1.807, 2.05) is 31.2 Å². The van der Waals surface area contributed by atoms with E-state index < -0.39 is 6.04 Å². The summed E-state index contributed by atoms with van der Waals surface area (Å²) < 4.78 is 5.91. The van der Waals surface area contributed by atoms with Gasteiger partial charge in [-0.05, 0) is 54.4 Å². The van der Waals surface area contributed by atoms with E-state index in [2.05, 4.69) is 0 Å². The highest BCUT2D eigenvalue weighted by atomic mass is 16.3. The van der Waals surface area contributed by atoms with Crippen molar-refractivity contribution in [2.45, 2.75) is 13.0 Å². The first-order valence-electron chi connectivity index (χ1n) is 9.29. The molecule has 1 aliphatic rings. The number of phenolic OH excluding ortho intramolecular Hbond substituents is 1. The molecule has 0 radical (unpaired) electrons. The van der Waals surface area contributed by atoms with Crippen molar-refractivity contribution >= 4 is 22.6 Å². The molecule has 3 aromatic carbocycles. The number of rotatable bonds is 2. The first-order valence-corrected chi connectivity index (χ1v) is 9.29. The fraction of sp³-hybridized carbons (Fsp3) is 0.0833. The number of aryl methyl sites for hydroxylation is 1. The van der Waals surface area contributed by atoms with Gasteiger partial charge in [0.1, 0.15) is 11.3 Å². The molecule has 142 valence electrons. The molecule has 2 heterocycles.